The number of anilines is 1. The van der Waals surface area contributed by atoms with Crippen molar-refractivity contribution in [2.45, 2.75) is 0 Å². The van der Waals surface area contributed by atoms with Crippen LogP contribution < -0.4 is 5.32 Å². The minimum absolute atomic E-state index is 0.220. The van der Waals surface area contributed by atoms with Crippen molar-refractivity contribution < 1.29 is 4.79 Å². The van der Waals surface area contributed by atoms with Crippen LogP contribution in [-0.2, 0) is 7.05 Å². The van der Waals surface area contributed by atoms with Crippen LogP contribution in [0.2, 0.25) is 10.0 Å². The molecule has 0 atom stereocenters. The van der Waals surface area contributed by atoms with Gasteiger partial charge in [0.2, 0.25) is 0 Å². The summed E-state index contributed by atoms with van der Waals surface area (Å²) in [7, 11) is 1.97. The first-order valence-electron chi connectivity index (χ1n) is 6.36. The summed E-state index contributed by atoms with van der Waals surface area (Å²) in [5, 5.41) is 4.78. The van der Waals surface area contributed by atoms with E-state index in [4.69, 9.17) is 23.2 Å². The molecule has 106 valence electrons. The predicted octanol–water partition coefficient (Wildman–Crippen LogP) is 4.74. The van der Waals surface area contributed by atoms with Gasteiger partial charge in [-0.3, -0.25) is 4.79 Å². The van der Waals surface area contributed by atoms with Crippen LogP contribution in [0.1, 0.15) is 10.4 Å². The summed E-state index contributed by atoms with van der Waals surface area (Å²) in [5.41, 5.74) is 2.26. The summed E-state index contributed by atoms with van der Waals surface area (Å²) in [6, 6.07) is 12.6. The van der Waals surface area contributed by atoms with Crippen LogP contribution in [0.25, 0.3) is 10.9 Å². The Morgan fingerprint density at radius 1 is 1.05 bits per heavy atom. The highest BCUT2D eigenvalue weighted by Gasteiger charge is 2.09. The lowest BCUT2D eigenvalue weighted by Crippen LogP contribution is -2.11. The number of halogens is 2. The Kier molecular flexibility index (Phi) is 3.62. The maximum atomic E-state index is 12.2. The number of nitrogens with one attached hydrogen (secondary N) is 1. The molecule has 1 aromatic heterocycles. The Balaban J connectivity index is 1.88. The van der Waals surface area contributed by atoms with Gasteiger partial charge in [-0.15, -0.1) is 0 Å². The molecule has 2 aromatic carbocycles. The van der Waals surface area contributed by atoms with E-state index >= 15 is 0 Å². The van der Waals surface area contributed by atoms with E-state index in [1.54, 1.807) is 18.2 Å². The Morgan fingerprint density at radius 2 is 1.86 bits per heavy atom. The van der Waals surface area contributed by atoms with Gasteiger partial charge in [-0.25, -0.2) is 0 Å². The monoisotopic (exact) mass is 318 g/mol. The summed E-state index contributed by atoms with van der Waals surface area (Å²) in [6.45, 7) is 0. The van der Waals surface area contributed by atoms with Crippen molar-refractivity contribution in [1.29, 1.82) is 0 Å². The molecule has 0 fully saturated rings. The third-order valence-electron chi connectivity index (χ3n) is 3.33. The van der Waals surface area contributed by atoms with Gasteiger partial charge in [-0.1, -0.05) is 29.3 Å². The van der Waals surface area contributed by atoms with Crippen LogP contribution in [0, 0.1) is 0 Å². The van der Waals surface area contributed by atoms with E-state index in [9.17, 15) is 4.79 Å². The van der Waals surface area contributed by atoms with Crippen LogP contribution in [-0.4, -0.2) is 10.5 Å². The molecule has 0 saturated heterocycles. The topological polar surface area (TPSA) is 34.0 Å². The van der Waals surface area contributed by atoms with Crippen molar-refractivity contribution in [1.82, 2.24) is 4.57 Å². The molecule has 1 amide bonds. The average molecular weight is 319 g/mol. The number of benzene rings is 2. The fourth-order valence-electron chi connectivity index (χ4n) is 2.18. The Labute approximate surface area is 132 Å². The molecule has 0 spiro atoms. The van der Waals surface area contributed by atoms with Crippen molar-refractivity contribution >= 4 is 45.7 Å². The number of aromatic nitrogens is 1. The second-order valence-electron chi connectivity index (χ2n) is 4.78. The van der Waals surface area contributed by atoms with Crippen LogP contribution in [0.4, 0.5) is 5.69 Å². The lowest BCUT2D eigenvalue weighted by Gasteiger charge is -2.07. The maximum Gasteiger partial charge on any atom is 0.255 e. The van der Waals surface area contributed by atoms with Gasteiger partial charge < -0.3 is 9.88 Å². The first kappa shape index (κ1) is 14.0. The minimum Gasteiger partial charge on any atom is -0.350 e. The normalized spacial score (nSPS) is 10.8. The molecule has 21 heavy (non-hydrogen) atoms. The Morgan fingerprint density at radius 3 is 2.62 bits per heavy atom. The molecule has 1 N–H and O–H groups in total. The molecule has 5 heteroatoms. The fourth-order valence-corrected chi connectivity index (χ4v) is 2.48. The van der Waals surface area contributed by atoms with Gasteiger partial charge in [0.15, 0.2) is 0 Å². The van der Waals surface area contributed by atoms with E-state index in [0.29, 0.717) is 15.6 Å². The molecular formula is C16H12Cl2N2O. The van der Waals surface area contributed by atoms with Crippen molar-refractivity contribution in [3.05, 3.63) is 64.3 Å². The lowest BCUT2D eigenvalue weighted by atomic mass is 10.2. The van der Waals surface area contributed by atoms with Gasteiger partial charge in [-0.05, 0) is 41.8 Å². The summed E-state index contributed by atoms with van der Waals surface area (Å²) >= 11 is 11.8. The first-order chi connectivity index (χ1) is 10.0. The smallest absolute Gasteiger partial charge is 0.255 e. The quantitative estimate of drug-likeness (QED) is 0.727. The number of hydrogen-bond acceptors (Lipinski definition) is 1. The van der Waals surface area contributed by atoms with Gasteiger partial charge in [0.25, 0.3) is 5.91 Å². The molecule has 0 saturated carbocycles. The van der Waals surface area contributed by atoms with Crippen LogP contribution in [0.3, 0.4) is 0 Å². The third kappa shape index (κ3) is 2.75. The molecular weight excluding hydrogens is 307 g/mol. The number of amides is 1. The Hall–Kier alpha value is -1.97. The van der Waals surface area contributed by atoms with Gasteiger partial charge in [0.05, 0.1) is 10.0 Å². The number of carbonyl (C=O) groups is 1. The summed E-state index contributed by atoms with van der Waals surface area (Å²) in [4.78, 5) is 12.2. The number of carbonyl (C=O) groups excluding carboxylic acids is 1. The SMILES string of the molecule is Cn1ccc2ccc(NC(=O)c3ccc(Cl)c(Cl)c3)cc21. The molecule has 0 bridgehead atoms. The van der Waals surface area contributed by atoms with Crippen molar-refractivity contribution in [2.24, 2.45) is 7.05 Å². The first-order valence-corrected chi connectivity index (χ1v) is 7.12. The van der Waals surface area contributed by atoms with Crippen LogP contribution in [0.5, 0.6) is 0 Å². The zero-order chi connectivity index (χ0) is 15.0. The van der Waals surface area contributed by atoms with E-state index in [0.717, 1.165) is 16.6 Å². The van der Waals surface area contributed by atoms with E-state index in [2.05, 4.69) is 5.32 Å². The number of hydrogen-bond donors (Lipinski definition) is 1. The van der Waals surface area contributed by atoms with Crippen LogP contribution in [0.15, 0.2) is 48.7 Å². The largest absolute Gasteiger partial charge is 0.350 e. The zero-order valence-electron chi connectivity index (χ0n) is 11.2. The minimum atomic E-state index is -0.220. The second-order valence-corrected chi connectivity index (χ2v) is 5.60. The molecule has 3 nitrogen and oxygen atoms in total. The summed E-state index contributed by atoms with van der Waals surface area (Å²) in [6.07, 6.45) is 1.98. The molecule has 0 aliphatic heterocycles. The number of aryl methyl sites for hydroxylation is 1. The average Bonchev–Trinajstić information content (AvgIpc) is 2.83. The highest BCUT2D eigenvalue weighted by atomic mass is 35.5. The van der Waals surface area contributed by atoms with Crippen LogP contribution >= 0.6 is 23.2 Å². The van der Waals surface area contributed by atoms with Gasteiger partial charge >= 0.3 is 0 Å². The van der Waals surface area contributed by atoms with E-state index in [1.807, 2.05) is 42.1 Å². The van der Waals surface area contributed by atoms with Gasteiger partial charge in [0.1, 0.15) is 0 Å². The van der Waals surface area contributed by atoms with Gasteiger partial charge in [0, 0.05) is 30.0 Å². The molecule has 0 aliphatic carbocycles. The van der Waals surface area contributed by atoms with Crippen molar-refractivity contribution in [3.8, 4) is 0 Å². The molecule has 3 rings (SSSR count). The molecule has 0 unspecified atom stereocenters. The third-order valence-corrected chi connectivity index (χ3v) is 4.07. The van der Waals surface area contributed by atoms with E-state index < -0.39 is 0 Å². The molecule has 0 radical (unpaired) electrons. The van der Waals surface area contributed by atoms with Crippen molar-refractivity contribution in [3.63, 3.8) is 0 Å². The lowest BCUT2D eigenvalue weighted by molar-refractivity contribution is 0.102. The van der Waals surface area contributed by atoms with Crippen molar-refractivity contribution in [2.75, 3.05) is 5.32 Å². The standard InChI is InChI=1S/C16H12Cl2N2O/c1-20-7-6-10-2-4-12(9-15(10)20)19-16(21)11-3-5-13(17)14(18)8-11/h2-9H,1H3,(H,19,21). The Bertz CT molecular complexity index is 839. The number of nitrogens with zero attached hydrogens (tertiary/aromatic N) is 1. The van der Waals surface area contributed by atoms with Gasteiger partial charge in [-0.2, -0.15) is 0 Å². The number of fused-ring (bicyclic) bond motifs is 1. The maximum absolute atomic E-state index is 12.2. The summed E-state index contributed by atoms with van der Waals surface area (Å²) in [5.74, 6) is -0.220. The fraction of sp³-hybridized carbons (Fsp3) is 0.0625. The highest BCUT2D eigenvalue weighted by molar-refractivity contribution is 6.42. The highest BCUT2D eigenvalue weighted by Crippen LogP contribution is 2.24. The van der Waals surface area contributed by atoms with E-state index in [1.165, 1.54) is 0 Å². The summed E-state index contributed by atoms with van der Waals surface area (Å²) < 4.78 is 2.00. The van der Waals surface area contributed by atoms with E-state index in [-0.39, 0.29) is 5.91 Å². The number of rotatable bonds is 2. The second kappa shape index (κ2) is 5.43. The molecule has 3 aromatic rings. The zero-order valence-corrected chi connectivity index (χ0v) is 12.7. The molecule has 1 heterocycles. The predicted molar refractivity (Wildman–Crippen MR) is 87.3 cm³/mol. The molecule has 0 aliphatic rings.